The minimum atomic E-state index is -0.0803. The van der Waals surface area contributed by atoms with Crippen molar-refractivity contribution < 1.29 is 0 Å². The second-order valence-electron chi connectivity index (χ2n) is 3.81. The third-order valence-corrected chi connectivity index (χ3v) is 3.02. The molecule has 0 aliphatic carbocycles. The minimum absolute atomic E-state index is 0.0803. The molecule has 1 atom stereocenters. The lowest BCUT2D eigenvalue weighted by atomic mass is 10.2. The van der Waals surface area contributed by atoms with Crippen molar-refractivity contribution in [3.8, 4) is 0 Å². The minimum Gasteiger partial charge on any atom is -0.383 e. The van der Waals surface area contributed by atoms with Gasteiger partial charge in [0.15, 0.2) is 5.16 Å². The van der Waals surface area contributed by atoms with Gasteiger partial charge in [-0.05, 0) is 30.8 Å². The second kappa shape index (κ2) is 5.19. The highest BCUT2D eigenvalue weighted by molar-refractivity contribution is 7.99. The maximum Gasteiger partial charge on any atom is 0.196 e. The van der Waals surface area contributed by atoms with E-state index in [1.165, 1.54) is 17.8 Å². The molecular weight excluding hydrogens is 248 g/mol. The Kier molecular flexibility index (Phi) is 3.63. The third kappa shape index (κ3) is 3.08. The molecular formula is C11H14N6S. The molecule has 0 unspecified atom stereocenters. The number of pyridine rings is 1. The fourth-order valence-corrected chi connectivity index (χ4v) is 2.09. The lowest BCUT2D eigenvalue weighted by Gasteiger charge is -2.05. The van der Waals surface area contributed by atoms with Crippen LogP contribution in [0.15, 0.2) is 34.4 Å². The summed E-state index contributed by atoms with van der Waals surface area (Å²) in [4.78, 5) is 13.3. The van der Waals surface area contributed by atoms with Gasteiger partial charge in [-0.25, -0.2) is 9.97 Å². The molecule has 0 radical (unpaired) electrons. The highest BCUT2D eigenvalue weighted by Crippen LogP contribution is 2.25. The summed E-state index contributed by atoms with van der Waals surface area (Å²) in [6.07, 6.45) is 1.73. The van der Waals surface area contributed by atoms with Gasteiger partial charge in [-0.2, -0.15) is 0 Å². The van der Waals surface area contributed by atoms with E-state index in [1.54, 1.807) is 6.20 Å². The number of nitrogens with zero attached hydrogens (tertiary/aromatic N) is 3. The van der Waals surface area contributed by atoms with Crippen LogP contribution < -0.4 is 17.2 Å². The molecule has 94 valence electrons. The van der Waals surface area contributed by atoms with Crippen LogP contribution in [0, 0.1) is 0 Å². The normalized spacial score (nSPS) is 12.3. The van der Waals surface area contributed by atoms with Gasteiger partial charge in [0, 0.05) is 23.2 Å². The van der Waals surface area contributed by atoms with E-state index in [2.05, 4.69) is 15.0 Å². The summed E-state index contributed by atoms with van der Waals surface area (Å²) in [5.74, 6) is 0.704. The average Bonchev–Trinajstić information content (AvgIpc) is 2.28. The van der Waals surface area contributed by atoms with Gasteiger partial charge in [-0.1, -0.05) is 0 Å². The molecule has 0 aliphatic heterocycles. The molecule has 7 heteroatoms. The maximum atomic E-state index is 5.73. The van der Waals surface area contributed by atoms with Gasteiger partial charge in [0.05, 0.1) is 5.69 Å². The lowest BCUT2D eigenvalue weighted by molar-refractivity contribution is 0.777. The van der Waals surface area contributed by atoms with Crippen LogP contribution in [0.2, 0.25) is 0 Å². The molecule has 2 aromatic heterocycles. The molecule has 0 amide bonds. The standard InChI is InChI=1S/C11H14N6S/c1-6(12)8-3-2-7(5-15-8)18-11-16-9(13)4-10(14)17-11/h2-6H,12H2,1H3,(H4,13,14,16,17)/t6-/m1/s1. The van der Waals surface area contributed by atoms with Crippen LogP contribution in [0.4, 0.5) is 11.6 Å². The van der Waals surface area contributed by atoms with Crippen LogP contribution in [0.3, 0.4) is 0 Å². The van der Waals surface area contributed by atoms with E-state index in [0.717, 1.165) is 10.6 Å². The smallest absolute Gasteiger partial charge is 0.196 e. The zero-order valence-electron chi connectivity index (χ0n) is 9.87. The fraction of sp³-hybridized carbons (Fsp3) is 0.182. The van der Waals surface area contributed by atoms with Crippen LogP contribution in [-0.4, -0.2) is 15.0 Å². The predicted octanol–water partition coefficient (Wildman–Crippen LogP) is 1.21. The summed E-state index contributed by atoms with van der Waals surface area (Å²) in [7, 11) is 0. The van der Waals surface area contributed by atoms with Crippen molar-refractivity contribution in [3.05, 3.63) is 30.1 Å². The Morgan fingerprint density at radius 3 is 2.33 bits per heavy atom. The van der Waals surface area contributed by atoms with Gasteiger partial charge in [-0.15, -0.1) is 0 Å². The molecule has 2 heterocycles. The zero-order valence-corrected chi connectivity index (χ0v) is 10.7. The molecule has 6 N–H and O–H groups in total. The van der Waals surface area contributed by atoms with E-state index < -0.39 is 0 Å². The number of aromatic nitrogens is 3. The molecule has 0 aromatic carbocycles. The van der Waals surface area contributed by atoms with Gasteiger partial charge >= 0.3 is 0 Å². The molecule has 2 rings (SSSR count). The van der Waals surface area contributed by atoms with E-state index in [1.807, 2.05) is 19.1 Å². The van der Waals surface area contributed by atoms with Gasteiger partial charge in [0.25, 0.3) is 0 Å². The van der Waals surface area contributed by atoms with Crippen molar-refractivity contribution >= 4 is 23.4 Å². The van der Waals surface area contributed by atoms with Crippen molar-refractivity contribution in [1.82, 2.24) is 15.0 Å². The van der Waals surface area contributed by atoms with Gasteiger partial charge in [-0.3, -0.25) is 4.98 Å². The third-order valence-electron chi connectivity index (χ3n) is 2.18. The Hall–Kier alpha value is -1.86. The summed E-state index contributed by atoms with van der Waals surface area (Å²) in [6.45, 7) is 1.89. The number of rotatable bonds is 3. The summed E-state index contributed by atoms with van der Waals surface area (Å²) < 4.78 is 0. The topological polar surface area (TPSA) is 117 Å². The van der Waals surface area contributed by atoms with E-state index in [9.17, 15) is 0 Å². The SMILES string of the molecule is C[C@@H](N)c1ccc(Sc2nc(N)cc(N)n2)cn1. The average molecular weight is 262 g/mol. The molecule has 0 spiro atoms. The van der Waals surface area contributed by atoms with E-state index >= 15 is 0 Å². The van der Waals surface area contributed by atoms with Gasteiger partial charge in [0.2, 0.25) is 0 Å². The quantitative estimate of drug-likeness (QED) is 0.711. The Morgan fingerprint density at radius 1 is 1.17 bits per heavy atom. The van der Waals surface area contributed by atoms with Crippen molar-refractivity contribution in [2.75, 3.05) is 11.5 Å². The summed E-state index contributed by atoms with van der Waals surface area (Å²) >= 11 is 1.35. The van der Waals surface area contributed by atoms with E-state index in [-0.39, 0.29) is 6.04 Å². The number of hydrogen-bond acceptors (Lipinski definition) is 7. The summed E-state index contributed by atoms with van der Waals surface area (Å²) in [5, 5.41) is 0.503. The second-order valence-corrected chi connectivity index (χ2v) is 4.85. The number of anilines is 2. The number of hydrogen-bond donors (Lipinski definition) is 3. The molecule has 6 nitrogen and oxygen atoms in total. The Morgan fingerprint density at radius 2 is 1.83 bits per heavy atom. The van der Waals surface area contributed by atoms with Crippen molar-refractivity contribution in [3.63, 3.8) is 0 Å². The molecule has 0 bridgehead atoms. The van der Waals surface area contributed by atoms with Crippen LogP contribution in [0.5, 0.6) is 0 Å². The molecule has 18 heavy (non-hydrogen) atoms. The summed E-state index contributed by atoms with van der Waals surface area (Å²) in [5.41, 5.74) is 17.8. The molecule has 0 aliphatic rings. The fourth-order valence-electron chi connectivity index (χ4n) is 1.33. The maximum absolute atomic E-state index is 5.73. The first-order valence-electron chi connectivity index (χ1n) is 5.34. The number of nitrogens with two attached hydrogens (primary N) is 3. The van der Waals surface area contributed by atoms with Crippen molar-refractivity contribution in [2.24, 2.45) is 5.73 Å². The Balaban J connectivity index is 2.18. The van der Waals surface area contributed by atoms with Crippen molar-refractivity contribution in [2.45, 2.75) is 23.0 Å². The molecule has 0 saturated heterocycles. The van der Waals surface area contributed by atoms with E-state index in [0.29, 0.717) is 16.8 Å². The largest absolute Gasteiger partial charge is 0.383 e. The molecule has 0 fully saturated rings. The number of nitrogen functional groups attached to an aromatic ring is 2. The van der Waals surface area contributed by atoms with Crippen LogP contribution in [0.25, 0.3) is 0 Å². The van der Waals surface area contributed by atoms with Crippen LogP contribution >= 0.6 is 11.8 Å². The first kappa shape index (κ1) is 12.6. The molecule has 0 saturated carbocycles. The highest BCUT2D eigenvalue weighted by Gasteiger charge is 2.05. The monoisotopic (exact) mass is 262 g/mol. The highest BCUT2D eigenvalue weighted by atomic mass is 32.2. The zero-order chi connectivity index (χ0) is 13.1. The first-order chi connectivity index (χ1) is 8.54. The Bertz CT molecular complexity index is 519. The van der Waals surface area contributed by atoms with Gasteiger partial charge in [0.1, 0.15) is 11.6 Å². The predicted molar refractivity (Wildman–Crippen MR) is 71.8 cm³/mol. The van der Waals surface area contributed by atoms with Crippen molar-refractivity contribution in [1.29, 1.82) is 0 Å². The first-order valence-corrected chi connectivity index (χ1v) is 6.15. The van der Waals surface area contributed by atoms with E-state index in [4.69, 9.17) is 17.2 Å². The molecule has 2 aromatic rings. The Labute approximate surface area is 109 Å². The lowest BCUT2D eigenvalue weighted by Crippen LogP contribution is -2.06. The van der Waals surface area contributed by atoms with Gasteiger partial charge < -0.3 is 17.2 Å². The summed E-state index contributed by atoms with van der Waals surface area (Å²) in [6, 6.07) is 5.23. The van der Waals surface area contributed by atoms with Crippen LogP contribution in [-0.2, 0) is 0 Å². The van der Waals surface area contributed by atoms with Crippen LogP contribution in [0.1, 0.15) is 18.7 Å².